The van der Waals surface area contributed by atoms with Crippen LogP contribution < -0.4 is 15.3 Å². The highest BCUT2D eigenvalue weighted by Gasteiger charge is 2.25. The quantitative estimate of drug-likeness (QED) is 0.640. The molecule has 2 aromatic carbocycles. The van der Waals surface area contributed by atoms with Crippen molar-refractivity contribution in [1.82, 2.24) is 4.90 Å². The summed E-state index contributed by atoms with van der Waals surface area (Å²) in [7, 11) is 1.57. The van der Waals surface area contributed by atoms with Gasteiger partial charge in [0.2, 0.25) is 0 Å². The van der Waals surface area contributed by atoms with Crippen LogP contribution in [0.1, 0.15) is 21.5 Å². The van der Waals surface area contributed by atoms with Gasteiger partial charge in [-0.15, -0.1) is 0 Å². The van der Waals surface area contributed by atoms with Gasteiger partial charge in [0.05, 0.1) is 7.11 Å². The lowest BCUT2D eigenvalue weighted by molar-refractivity contribution is 0.0742. The summed E-state index contributed by atoms with van der Waals surface area (Å²) in [4.78, 5) is 29.4. The molecule has 2 heterocycles. The van der Waals surface area contributed by atoms with E-state index >= 15 is 0 Å². The fraction of sp³-hybridized carbons (Fsp3) is 0.304. The van der Waals surface area contributed by atoms with Gasteiger partial charge in [-0.3, -0.25) is 4.79 Å². The Hall–Kier alpha value is -3.28. The highest BCUT2D eigenvalue weighted by Crippen LogP contribution is 2.24. The minimum Gasteiger partial charge on any atom is -0.497 e. The van der Waals surface area contributed by atoms with E-state index in [1.165, 1.54) is 16.8 Å². The minimum absolute atomic E-state index is 0.0611. The van der Waals surface area contributed by atoms with Crippen LogP contribution in [0.4, 0.5) is 5.69 Å². The highest BCUT2D eigenvalue weighted by molar-refractivity contribution is 5.97. The van der Waals surface area contributed by atoms with E-state index in [-0.39, 0.29) is 11.5 Å². The van der Waals surface area contributed by atoms with Gasteiger partial charge in [-0.1, -0.05) is 12.1 Å². The van der Waals surface area contributed by atoms with Gasteiger partial charge in [-0.05, 0) is 55.3 Å². The third-order valence-electron chi connectivity index (χ3n) is 5.44. The second-order valence-electron chi connectivity index (χ2n) is 7.42. The minimum atomic E-state index is -0.607. The van der Waals surface area contributed by atoms with Crippen LogP contribution >= 0.6 is 0 Å². The number of ether oxygens (including phenoxy) is 1. The average molecular weight is 392 g/mol. The first-order valence-corrected chi connectivity index (χ1v) is 9.69. The van der Waals surface area contributed by atoms with E-state index in [2.05, 4.69) is 36.9 Å². The molecule has 1 aromatic heterocycles. The van der Waals surface area contributed by atoms with Crippen LogP contribution in [0.2, 0.25) is 0 Å². The second kappa shape index (κ2) is 7.62. The Labute approximate surface area is 169 Å². The molecule has 150 valence electrons. The normalized spacial score (nSPS) is 14.3. The van der Waals surface area contributed by atoms with Crippen molar-refractivity contribution < 1.29 is 13.9 Å². The molecule has 0 radical (unpaired) electrons. The first-order valence-electron chi connectivity index (χ1n) is 9.69. The predicted octanol–water partition coefficient (Wildman–Crippen LogP) is 3.38. The lowest BCUT2D eigenvalue weighted by atomic mass is 10.1. The highest BCUT2D eigenvalue weighted by atomic mass is 16.5. The molecule has 6 heteroatoms. The van der Waals surface area contributed by atoms with E-state index < -0.39 is 5.63 Å². The van der Waals surface area contributed by atoms with Crippen molar-refractivity contribution in [2.45, 2.75) is 13.8 Å². The van der Waals surface area contributed by atoms with E-state index in [9.17, 15) is 9.59 Å². The van der Waals surface area contributed by atoms with E-state index in [1.807, 2.05) is 0 Å². The second-order valence-corrected chi connectivity index (χ2v) is 7.42. The molecule has 3 aromatic rings. The molecule has 0 saturated carbocycles. The van der Waals surface area contributed by atoms with Gasteiger partial charge in [0, 0.05) is 37.3 Å². The summed E-state index contributed by atoms with van der Waals surface area (Å²) in [5.74, 6) is 0.357. The van der Waals surface area contributed by atoms with Crippen LogP contribution in [0.3, 0.4) is 0 Å². The van der Waals surface area contributed by atoms with Crippen LogP contribution in [0.15, 0.2) is 51.7 Å². The summed E-state index contributed by atoms with van der Waals surface area (Å²) in [5.41, 5.74) is 3.53. The van der Waals surface area contributed by atoms with Crippen molar-refractivity contribution in [3.05, 3.63) is 69.6 Å². The molecule has 1 saturated heterocycles. The van der Waals surface area contributed by atoms with Gasteiger partial charge in [0.1, 0.15) is 16.9 Å². The fourth-order valence-corrected chi connectivity index (χ4v) is 3.76. The number of rotatable bonds is 3. The Morgan fingerprint density at radius 2 is 1.76 bits per heavy atom. The molecule has 1 aliphatic heterocycles. The average Bonchev–Trinajstić information content (AvgIpc) is 2.74. The molecule has 1 fully saturated rings. The third-order valence-corrected chi connectivity index (χ3v) is 5.44. The largest absolute Gasteiger partial charge is 0.497 e. The number of benzene rings is 2. The predicted molar refractivity (Wildman–Crippen MR) is 113 cm³/mol. The van der Waals surface area contributed by atoms with Crippen LogP contribution in [-0.4, -0.2) is 44.1 Å². The van der Waals surface area contributed by atoms with Crippen molar-refractivity contribution in [1.29, 1.82) is 0 Å². The Morgan fingerprint density at radius 3 is 2.48 bits per heavy atom. The maximum Gasteiger partial charge on any atom is 0.349 e. The van der Waals surface area contributed by atoms with Gasteiger partial charge in [0.25, 0.3) is 5.91 Å². The number of fused-ring (bicyclic) bond motifs is 1. The molecule has 0 spiro atoms. The van der Waals surface area contributed by atoms with Crippen LogP contribution in [0.5, 0.6) is 5.75 Å². The topological polar surface area (TPSA) is 63.0 Å². The molecule has 1 aliphatic rings. The summed E-state index contributed by atoms with van der Waals surface area (Å²) >= 11 is 0. The van der Waals surface area contributed by atoms with E-state index in [0.29, 0.717) is 29.8 Å². The Kier molecular flexibility index (Phi) is 5.01. The Morgan fingerprint density at radius 1 is 1.00 bits per heavy atom. The van der Waals surface area contributed by atoms with Crippen molar-refractivity contribution in [2.75, 3.05) is 38.2 Å². The maximum absolute atomic E-state index is 13.0. The number of amides is 1. The molecule has 0 N–H and O–H groups in total. The molecule has 4 rings (SSSR count). The maximum atomic E-state index is 13.0. The number of anilines is 1. The Bertz CT molecular complexity index is 1130. The molecule has 0 aliphatic carbocycles. The third kappa shape index (κ3) is 3.70. The first-order chi connectivity index (χ1) is 14.0. The van der Waals surface area contributed by atoms with Crippen molar-refractivity contribution in [3.8, 4) is 5.75 Å². The summed E-state index contributed by atoms with van der Waals surface area (Å²) in [5, 5.41) is 0.668. The molecular formula is C23H24N2O4. The molecule has 0 atom stereocenters. The van der Waals surface area contributed by atoms with E-state index in [1.54, 1.807) is 36.3 Å². The lowest BCUT2D eigenvalue weighted by Gasteiger charge is -2.36. The smallest absolute Gasteiger partial charge is 0.349 e. The van der Waals surface area contributed by atoms with Gasteiger partial charge in [0.15, 0.2) is 0 Å². The molecule has 0 bridgehead atoms. The van der Waals surface area contributed by atoms with E-state index in [4.69, 9.17) is 9.15 Å². The number of methoxy groups -OCH3 is 1. The number of piperazine rings is 1. The van der Waals surface area contributed by atoms with Gasteiger partial charge < -0.3 is 19.0 Å². The summed E-state index contributed by atoms with van der Waals surface area (Å²) in [6.07, 6.45) is 0. The monoisotopic (exact) mass is 392 g/mol. The number of hydrogen-bond donors (Lipinski definition) is 0. The SMILES string of the molecule is COc1ccc2oc(=O)c(C(=O)N3CCN(c4cc(C)ccc4C)CC3)cc2c1. The Balaban J connectivity index is 1.54. The zero-order valence-corrected chi connectivity index (χ0v) is 16.9. The zero-order chi connectivity index (χ0) is 20.5. The van der Waals surface area contributed by atoms with Gasteiger partial charge in [-0.2, -0.15) is 0 Å². The number of hydrogen-bond acceptors (Lipinski definition) is 5. The van der Waals surface area contributed by atoms with Crippen molar-refractivity contribution >= 4 is 22.6 Å². The molecule has 0 unspecified atom stereocenters. The van der Waals surface area contributed by atoms with Crippen molar-refractivity contribution in [3.63, 3.8) is 0 Å². The molecule has 6 nitrogen and oxygen atoms in total. The van der Waals surface area contributed by atoms with Gasteiger partial charge >= 0.3 is 5.63 Å². The van der Waals surface area contributed by atoms with Gasteiger partial charge in [-0.25, -0.2) is 4.79 Å². The molecule has 1 amide bonds. The van der Waals surface area contributed by atoms with Crippen LogP contribution in [0.25, 0.3) is 11.0 Å². The summed E-state index contributed by atoms with van der Waals surface area (Å²) < 4.78 is 10.6. The number of aryl methyl sites for hydroxylation is 2. The van der Waals surface area contributed by atoms with Crippen molar-refractivity contribution in [2.24, 2.45) is 0 Å². The molecule has 29 heavy (non-hydrogen) atoms. The summed E-state index contributed by atoms with van der Waals surface area (Å²) in [6.45, 7) is 6.74. The zero-order valence-electron chi connectivity index (χ0n) is 16.9. The first kappa shape index (κ1) is 19.1. The fourth-order valence-electron chi connectivity index (χ4n) is 3.76. The standard InChI is InChI=1S/C23H24N2O4/c1-15-4-5-16(2)20(12-15)24-8-10-25(11-9-24)22(26)19-14-17-13-18(28-3)6-7-21(17)29-23(19)27/h4-7,12-14H,8-11H2,1-3H3. The molecular weight excluding hydrogens is 368 g/mol. The number of carbonyl (C=O) groups excluding carboxylic acids is 1. The number of nitrogens with zero attached hydrogens (tertiary/aromatic N) is 2. The summed E-state index contributed by atoms with van der Waals surface area (Å²) in [6, 6.07) is 13.2. The van der Waals surface area contributed by atoms with Crippen LogP contribution in [-0.2, 0) is 0 Å². The number of carbonyl (C=O) groups is 1. The van der Waals surface area contributed by atoms with E-state index in [0.717, 1.165) is 13.1 Å². The van der Waals surface area contributed by atoms with Crippen LogP contribution in [0, 0.1) is 13.8 Å². The lowest BCUT2D eigenvalue weighted by Crippen LogP contribution is -2.49.